The number of hydrogen-bond acceptors (Lipinski definition) is 3. The molecule has 1 heterocycles. The second-order valence-electron chi connectivity index (χ2n) is 10.6. The summed E-state index contributed by atoms with van der Waals surface area (Å²) in [6.45, 7) is 7.09. The van der Waals surface area contributed by atoms with E-state index in [1.165, 1.54) is 21.1 Å². The summed E-state index contributed by atoms with van der Waals surface area (Å²) < 4.78 is 13.5. The first-order valence-electron chi connectivity index (χ1n) is 12.6. The Hall–Kier alpha value is -3.02. The summed E-state index contributed by atoms with van der Waals surface area (Å²) >= 11 is 0. The molecule has 0 aromatic heterocycles. The maximum atomic E-state index is 10.9. The second-order valence-corrected chi connectivity index (χ2v) is 14.9. The molecule has 4 aromatic carbocycles. The molecule has 0 saturated carbocycles. The lowest BCUT2D eigenvalue weighted by molar-refractivity contribution is -0.0774. The second kappa shape index (κ2) is 10.2. The fraction of sp³-hybridized carbons (Fsp3) is 0.250. The van der Waals surface area contributed by atoms with Crippen LogP contribution in [0.25, 0.3) is 10.8 Å². The zero-order valence-corrected chi connectivity index (χ0v) is 22.2. The van der Waals surface area contributed by atoms with Crippen molar-refractivity contribution in [1.82, 2.24) is 0 Å². The van der Waals surface area contributed by atoms with Gasteiger partial charge in [-0.25, -0.2) is 0 Å². The van der Waals surface area contributed by atoms with Gasteiger partial charge in [0.2, 0.25) is 0 Å². The standard InChI is InChI=1S/C32H34O3Si/c1-32(2,3)36(27-14-6-4-7-15-27,28-16-8-5-9-17-28)34-23-31-29(33)20-21-30(35-31)26-19-18-24-12-10-11-13-25(24)22-26/h4-22,29-31,33H,23H2,1-3H3/t29-,30+,31-/m1/s1. The van der Waals surface area contributed by atoms with Gasteiger partial charge in [0.1, 0.15) is 18.3 Å². The van der Waals surface area contributed by atoms with Crippen LogP contribution in [0, 0.1) is 0 Å². The first-order valence-corrected chi connectivity index (χ1v) is 14.5. The van der Waals surface area contributed by atoms with Crippen LogP contribution in [0.15, 0.2) is 115 Å². The van der Waals surface area contributed by atoms with Crippen molar-refractivity contribution in [2.45, 2.75) is 44.1 Å². The molecule has 0 bridgehead atoms. The van der Waals surface area contributed by atoms with Crippen molar-refractivity contribution in [2.24, 2.45) is 0 Å². The molecule has 4 aromatic rings. The average molecular weight is 495 g/mol. The van der Waals surface area contributed by atoms with E-state index >= 15 is 0 Å². The Bertz CT molecular complexity index is 1290. The lowest BCUT2D eigenvalue weighted by Crippen LogP contribution is -2.67. The average Bonchev–Trinajstić information content (AvgIpc) is 2.90. The van der Waals surface area contributed by atoms with Gasteiger partial charge in [0.25, 0.3) is 8.32 Å². The number of ether oxygens (including phenoxy) is 1. The summed E-state index contributed by atoms with van der Waals surface area (Å²) in [7, 11) is -2.72. The summed E-state index contributed by atoms with van der Waals surface area (Å²) in [5.74, 6) is 0. The van der Waals surface area contributed by atoms with Crippen molar-refractivity contribution in [2.75, 3.05) is 6.61 Å². The van der Waals surface area contributed by atoms with Crippen molar-refractivity contribution in [3.8, 4) is 0 Å². The summed E-state index contributed by atoms with van der Waals surface area (Å²) in [5.41, 5.74) is 1.08. The van der Waals surface area contributed by atoms with Crippen molar-refractivity contribution in [3.63, 3.8) is 0 Å². The third-order valence-corrected chi connectivity index (χ3v) is 12.2. The van der Waals surface area contributed by atoms with Gasteiger partial charge in [-0.3, -0.25) is 0 Å². The van der Waals surface area contributed by atoms with Gasteiger partial charge in [-0.1, -0.05) is 130 Å². The van der Waals surface area contributed by atoms with Gasteiger partial charge in [-0.2, -0.15) is 0 Å². The maximum Gasteiger partial charge on any atom is 0.261 e. The predicted octanol–water partition coefficient (Wildman–Crippen LogP) is 5.77. The van der Waals surface area contributed by atoms with E-state index in [2.05, 4.69) is 99.6 Å². The summed E-state index contributed by atoms with van der Waals surface area (Å²) in [5, 5.41) is 15.6. The van der Waals surface area contributed by atoms with Crippen molar-refractivity contribution in [1.29, 1.82) is 0 Å². The van der Waals surface area contributed by atoms with E-state index in [0.29, 0.717) is 6.61 Å². The Kier molecular flexibility index (Phi) is 6.95. The minimum Gasteiger partial charge on any atom is -0.405 e. The monoisotopic (exact) mass is 494 g/mol. The van der Waals surface area contributed by atoms with Gasteiger partial charge in [0.15, 0.2) is 0 Å². The Morgan fingerprint density at radius 1 is 0.750 bits per heavy atom. The van der Waals surface area contributed by atoms with Crippen LogP contribution in [0.5, 0.6) is 0 Å². The SMILES string of the molecule is CC(C)(C)[Si](OC[C@H]1O[C@H](c2ccc3ccccc3c2)C=C[C@H]1O)(c1ccccc1)c1ccccc1. The van der Waals surface area contributed by atoms with Crippen molar-refractivity contribution < 1.29 is 14.3 Å². The molecule has 0 spiro atoms. The number of benzene rings is 4. The predicted molar refractivity (Wildman–Crippen MR) is 150 cm³/mol. The molecule has 0 amide bonds. The highest BCUT2D eigenvalue weighted by Crippen LogP contribution is 2.37. The normalized spacial score (nSPS) is 20.5. The van der Waals surface area contributed by atoms with Crippen molar-refractivity contribution >= 4 is 29.5 Å². The lowest BCUT2D eigenvalue weighted by atomic mass is 10.0. The summed E-state index contributed by atoms with van der Waals surface area (Å²) in [4.78, 5) is 0. The highest BCUT2D eigenvalue weighted by Gasteiger charge is 2.50. The first-order chi connectivity index (χ1) is 17.4. The van der Waals surface area contributed by atoms with Gasteiger partial charge >= 0.3 is 0 Å². The van der Waals surface area contributed by atoms with E-state index in [9.17, 15) is 5.11 Å². The van der Waals surface area contributed by atoms with E-state index in [-0.39, 0.29) is 11.1 Å². The van der Waals surface area contributed by atoms with Crippen LogP contribution in [0.3, 0.4) is 0 Å². The number of hydrogen-bond donors (Lipinski definition) is 1. The smallest absolute Gasteiger partial charge is 0.261 e. The van der Waals surface area contributed by atoms with E-state index in [1.807, 2.05) is 36.4 Å². The number of aliphatic hydroxyl groups excluding tert-OH is 1. The molecular weight excluding hydrogens is 460 g/mol. The van der Waals surface area contributed by atoms with Gasteiger partial charge < -0.3 is 14.3 Å². The van der Waals surface area contributed by atoms with Crippen LogP contribution in [0.2, 0.25) is 5.04 Å². The molecule has 3 nitrogen and oxygen atoms in total. The molecule has 5 rings (SSSR count). The molecule has 1 aliphatic heterocycles. The molecule has 1 N–H and O–H groups in total. The van der Waals surface area contributed by atoms with E-state index in [0.717, 1.165) is 5.56 Å². The molecule has 3 atom stereocenters. The maximum absolute atomic E-state index is 10.9. The minimum absolute atomic E-state index is 0.136. The van der Waals surface area contributed by atoms with Gasteiger partial charge in [-0.05, 0) is 37.8 Å². The molecule has 0 fully saturated rings. The quantitative estimate of drug-likeness (QED) is 0.273. The number of fused-ring (bicyclic) bond motifs is 1. The fourth-order valence-corrected chi connectivity index (χ4v) is 9.90. The summed E-state index contributed by atoms with van der Waals surface area (Å²) in [6, 6.07) is 35.9. The van der Waals surface area contributed by atoms with Gasteiger partial charge in [0.05, 0.1) is 6.61 Å². The molecular formula is C32H34O3Si. The third-order valence-electron chi connectivity index (χ3n) is 7.17. The minimum atomic E-state index is -2.72. The van der Waals surface area contributed by atoms with Gasteiger partial charge in [-0.15, -0.1) is 0 Å². The highest BCUT2D eigenvalue weighted by atomic mass is 28.4. The first kappa shape index (κ1) is 24.7. The van der Waals surface area contributed by atoms with Crippen LogP contribution < -0.4 is 10.4 Å². The van der Waals surface area contributed by atoms with Crippen LogP contribution in [0.1, 0.15) is 32.4 Å². The molecule has 184 valence electrons. The Morgan fingerprint density at radius 3 is 1.94 bits per heavy atom. The summed E-state index contributed by atoms with van der Waals surface area (Å²) in [6.07, 6.45) is 2.38. The van der Waals surface area contributed by atoms with Crippen LogP contribution in [-0.4, -0.2) is 32.2 Å². The van der Waals surface area contributed by atoms with Crippen LogP contribution in [-0.2, 0) is 9.16 Å². The van der Waals surface area contributed by atoms with E-state index in [1.54, 1.807) is 0 Å². The van der Waals surface area contributed by atoms with Crippen LogP contribution in [0.4, 0.5) is 0 Å². The lowest BCUT2D eigenvalue weighted by Gasteiger charge is -2.44. The van der Waals surface area contributed by atoms with Crippen molar-refractivity contribution in [3.05, 3.63) is 121 Å². The molecule has 0 unspecified atom stereocenters. The van der Waals surface area contributed by atoms with Crippen LogP contribution >= 0.6 is 0 Å². The zero-order chi connectivity index (χ0) is 25.2. The molecule has 1 aliphatic rings. The Balaban J connectivity index is 1.45. The third kappa shape index (κ3) is 4.70. The Morgan fingerprint density at radius 2 is 1.33 bits per heavy atom. The largest absolute Gasteiger partial charge is 0.405 e. The van der Waals surface area contributed by atoms with E-state index < -0.39 is 20.5 Å². The number of rotatable bonds is 6. The van der Waals surface area contributed by atoms with E-state index in [4.69, 9.17) is 9.16 Å². The zero-order valence-electron chi connectivity index (χ0n) is 21.2. The Labute approximate surface area is 215 Å². The molecule has 0 radical (unpaired) electrons. The molecule has 4 heteroatoms. The topological polar surface area (TPSA) is 38.7 Å². The molecule has 36 heavy (non-hydrogen) atoms. The highest BCUT2D eigenvalue weighted by molar-refractivity contribution is 6.99. The molecule has 0 aliphatic carbocycles. The fourth-order valence-electron chi connectivity index (χ4n) is 5.33. The number of aliphatic hydroxyl groups is 1. The molecule has 0 saturated heterocycles. The van der Waals surface area contributed by atoms with Gasteiger partial charge in [0, 0.05) is 0 Å².